The van der Waals surface area contributed by atoms with Crippen molar-refractivity contribution in [2.24, 2.45) is 5.10 Å². The van der Waals surface area contributed by atoms with Crippen LogP contribution in [0.15, 0.2) is 64.1 Å². The van der Waals surface area contributed by atoms with Crippen LogP contribution in [0.2, 0.25) is 0 Å². The van der Waals surface area contributed by atoms with Crippen molar-refractivity contribution in [2.75, 3.05) is 14.2 Å². The van der Waals surface area contributed by atoms with Crippen LogP contribution in [0.5, 0.6) is 11.5 Å². The van der Waals surface area contributed by atoms with E-state index in [9.17, 15) is 4.79 Å². The average Bonchev–Trinajstić information content (AvgIpc) is 3.20. The molecule has 7 heteroatoms. The zero-order chi connectivity index (χ0) is 19.9. The highest BCUT2D eigenvalue weighted by molar-refractivity contribution is 5.88. The maximum Gasteiger partial charge on any atom is 0.335 e. The van der Waals surface area contributed by atoms with E-state index in [0.717, 1.165) is 11.1 Å². The van der Waals surface area contributed by atoms with E-state index in [1.807, 2.05) is 24.3 Å². The number of carbonyl (C=O) groups is 1. The van der Waals surface area contributed by atoms with Crippen molar-refractivity contribution in [3.8, 4) is 22.8 Å². The Bertz CT molecular complexity index is 977. The Labute approximate surface area is 162 Å². The van der Waals surface area contributed by atoms with Crippen molar-refractivity contribution in [3.63, 3.8) is 0 Å². The molecule has 0 amide bonds. The van der Waals surface area contributed by atoms with Crippen molar-refractivity contribution < 1.29 is 23.8 Å². The van der Waals surface area contributed by atoms with Gasteiger partial charge in [-0.1, -0.05) is 18.2 Å². The van der Waals surface area contributed by atoms with Gasteiger partial charge in [-0.3, -0.25) is 0 Å². The highest BCUT2D eigenvalue weighted by Gasteiger charge is 2.07. The molecule has 3 rings (SSSR count). The molecular weight excluding hydrogens is 360 g/mol. The lowest BCUT2D eigenvalue weighted by atomic mass is 10.1. The summed E-state index contributed by atoms with van der Waals surface area (Å²) in [6.07, 6.45) is 1.58. The van der Waals surface area contributed by atoms with E-state index >= 15 is 0 Å². The minimum Gasteiger partial charge on any atom is -0.493 e. The van der Waals surface area contributed by atoms with Gasteiger partial charge >= 0.3 is 5.97 Å². The van der Waals surface area contributed by atoms with Crippen molar-refractivity contribution in [2.45, 2.75) is 6.54 Å². The van der Waals surface area contributed by atoms with E-state index in [-0.39, 0.29) is 5.56 Å². The standard InChI is InChI=1S/C21H20N2O5/c1-26-19-9-3-14(11-20(19)27-2)12-22-23-13-17-8-10-18(28-17)15-4-6-16(7-5-15)21(24)25/h3-11,13,22H,12H2,1-2H3,(H,24,25)/b23-13-. The van der Waals surface area contributed by atoms with Gasteiger partial charge in [0.15, 0.2) is 11.5 Å². The summed E-state index contributed by atoms with van der Waals surface area (Å²) in [7, 11) is 3.19. The van der Waals surface area contributed by atoms with Crippen LogP contribution >= 0.6 is 0 Å². The van der Waals surface area contributed by atoms with Gasteiger partial charge in [0, 0.05) is 5.56 Å². The minimum atomic E-state index is -0.959. The summed E-state index contributed by atoms with van der Waals surface area (Å²) in [6, 6.07) is 15.7. The summed E-state index contributed by atoms with van der Waals surface area (Å²) in [5.41, 5.74) is 4.98. The highest BCUT2D eigenvalue weighted by atomic mass is 16.5. The topological polar surface area (TPSA) is 93.3 Å². The molecule has 0 radical (unpaired) electrons. The number of ether oxygens (including phenoxy) is 2. The third-order valence-corrected chi connectivity index (χ3v) is 4.06. The molecule has 1 aromatic heterocycles. The molecule has 0 spiro atoms. The summed E-state index contributed by atoms with van der Waals surface area (Å²) >= 11 is 0. The molecule has 1 heterocycles. The van der Waals surface area contributed by atoms with Gasteiger partial charge < -0.3 is 24.4 Å². The summed E-state index contributed by atoms with van der Waals surface area (Å²) in [4.78, 5) is 10.9. The van der Waals surface area contributed by atoms with E-state index in [1.165, 1.54) is 0 Å². The first-order valence-corrected chi connectivity index (χ1v) is 8.51. The molecule has 7 nitrogen and oxygen atoms in total. The highest BCUT2D eigenvalue weighted by Crippen LogP contribution is 2.27. The molecule has 0 unspecified atom stereocenters. The van der Waals surface area contributed by atoms with Gasteiger partial charge in [-0.05, 0) is 42.0 Å². The number of hydrogen-bond donors (Lipinski definition) is 2. The SMILES string of the molecule is COc1ccc(CN/N=C\c2ccc(-c3ccc(C(=O)O)cc3)o2)cc1OC. The van der Waals surface area contributed by atoms with E-state index in [1.54, 1.807) is 50.8 Å². The van der Waals surface area contributed by atoms with Crippen LogP contribution < -0.4 is 14.9 Å². The molecule has 3 aromatic rings. The number of carboxylic acids is 1. The second-order valence-electron chi connectivity index (χ2n) is 5.87. The van der Waals surface area contributed by atoms with Crippen LogP contribution in [0.1, 0.15) is 21.7 Å². The number of carboxylic acid groups (broad SMARTS) is 1. The Balaban J connectivity index is 1.59. The van der Waals surface area contributed by atoms with Gasteiger partial charge in [0.1, 0.15) is 11.5 Å². The van der Waals surface area contributed by atoms with E-state index < -0.39 is 5.97 Å². The summed E-state index contributed by atoms with van der Waals surface area (Å²) in [6.45, 7) is 0.515. The molecule has 0 fully saturated rings. The number of nitrogens with zero attached hydrogens (tertiary/aromatic N) is 1. The quantitative estimate of drug-likeness (QED) is 0.456. The van der Waals surface area contributed by atoms with Gasteiger partial charge in [0.25, 0.3) is 0 Å². The third kappa shape index (κ3) is 4.50. The zero-order valence-electron chi connectivity index (χ0n) is 15.5. The van der Waals surface area contributed by atoms with Gasteiger partial charge in [-0.2, -0.15) is 5.10 Å². The predicted molar refractivity (Wildman–Crippen MR) is 105 cm³/mol. The Morgan fingerprint density at radius 1 is 1.07 bits per heavy atom. The molecule has 0 bridgehead atoms. The smallest absolute Gasteiger partial charge is 0.335 e. The zero-order valence-corrected chi connectivity index (χ0v) is 15.5. The van der Waals surface area contributed by atoms with Crippen LogP contribution in [0, 0.1) is 0 Å². The van der Waals surface area contributed by atoms with Crippen LogP contribution in [0.25, 0.3) is 11.3 Å². The maximum absolute atomic E-state index is 10.9. The molecule has 0 saturated carbocycles. The number of hydrazone groups is 1. The Morgan fingerprint density at radius 2 is 1.82 bits per heavy atom. The van der Waals surface area contributed by atoms with Crippen LogP contribution in [0.3, 0.4) is 0 Å². The molecule has 0 aliphatic rings. The lowest BCUT2D eigenvalue weighted by Crippen LogP contribution is -2.05. The largest absolute Gasteiger partial charge is 0.493 e. The molecule has 28 heavy (non-hydrogen) atoms. The van der Waals surface area contributed by atoms with Crippen molar-refractivity contribution in [3.05, 3.63) is 71.5 Å². The molecule has 0 saturated heterocycles. The first kappa shape index (κ1) is 19.0. The number of nitrogens with one attached hydrogen (secondary N) is 1. The summed E-state index contributed by atoms with van der Waals surface area (Å²) < 4.78 is 16.2. The van der Waals surface area contributed by atoms with E-state index in [4.69, 9.17) is 19.0 Å². The first-order valence-electron chi connectivity index (χ1n) is 8.51. The molecule has 0 aliphatic heterocycles. The van der Waals surface area contributed by atoms with Crippen molar-refractivity contribution >= 4 is 12.2 Å². The second-order valence-corrected chi connectivity index (χ2v) is 5.87. The molecule has 2 N–H and O–H groups in total. The first-order chi connectivity index (χ1) is 13.6. The van der Waals surface area contributed by atoms with E-state index in [0.29, 0.717) is 29.6 Å². The normalized spacial score (nSPS) is 10.8. The lowest BCUT2D eigenvalue weighted by molar-refractivity contribution is 0.0697. The average molecular weight is 380 g/mol. The van der Waals surface area contributed by atoms with Crippen LogP contribution in [-0.4, -0.2) is 31.5 Å². The number of rotatable bonds is 8. The summed E-state index contributed by atoms with van der Waals surface area (Å²) in [5.74, 6) is 1.60. The van der Waals surface area contributed by atoms with Crippen molar-refractivity contribution in [1.82, 2.24) is 5.43 Å². The molecule has 2 aromatic carbocycles. The number of benzene rings is 2. The summed E-state index contributed by atoms with van der Waals surface area (Å²) in [5, 5.41) is 13.1. The Hall–Kier alpha value is -3.74. The number of hydrogen-bond acceptors (Lipinski definition) is 6. The fraction of sp³-hybridized carbons (Fsp3) is 0.143. The van der Waals surface area contributed by atoms with Crippen LogP contribution in [0.4, 0.5) is 0 Å². The maximum atomic E-state index is 10.9. The lowest BCUT2D eigenvalue weighted by Gasteiger charge is -2.09. The van der Waals surface area contributed by atoms with Crippen molar-refractivity contribution in [1.29, 1.82) is 0 Å². The Morgan fingerprint density at radius 3 is 2.50 bits per heavy atom. The van der Waals surface area contributed by atoms with E-state index in [2.05, 4.69) is 10.5 Å². The number of aromatic carboxylic acids is 1. The molecule has 144 valence electrons. The molecular formula is C21H20N2O5. The molecule has 0 atom stereocenters. The van der Waals surface area contributed by atoms with Gasteiger partial charge in [0.2, 0.25) is 0 Å². The fourth-order valence-corrected chi connectivity index (χ4v) is 2.59. The minimum absolute atomic E-state index is 0.233. The van der Waals surface area contributed by atoms with Crippen LogP contribution in [-0.2, 0) is 6.54 Å². The fourth-order valence-electron chi connectivity index (χ4n) is 2.59. The van der Waals surface area contributed by atoms with Gasteiger partial charge in [-0.15, -0.1) is 0 Å². The predicted octanol–water partition coefficient (Wildman–Crippen LogP) is 3.79. The number of methoxy groups -OCH3 is 2. The molecule has 0 aliphatic carbocycles. The second kappa shape index (κ2) is 8.77. The monoisotopic (exact) mass is 380 g/mol. The number of furan rings is 1. The van der Waals surface area contributed by atoms with Gasteiger partial charge in [0.05, 0.1) is 32.5 Å². The third-order valence-electron chi connectivity index (χ3n) is 4.06. The Kier molecular flexibility index (Phi) is 5.96. The van der Waals surface area contributed by atoms with Gasteiger partial charge in [-0.25, -0.2) is 4.79 Å².